The van der Waals surface area contributed by atoms with Crippen molar-refractivity contribution in [1.29, 1.82) is 5.26 Å². The van der Waals surface area contributed by atoms with Gasteiger partial charge in [0.25, 0.3) is 10.0 Å². The highest BCUT2D eigenvalue weighted by Gasteiger charge is 2.18. The highest BCUT2D eigenvalue weighted by molar-refractivity contribution is 7.92. The normalized spacial score (nSPS) is 10.9. The number of benzene rings is 1. The number of anilines is 1. The fourth-order valence-corrected chi connectivity index (χ4v) is 2.65. The average Bonchev–Trinajstić information content (AvgIpc) is 2.80. The maximum Gasteiger partial charge on any atom is 0.264 e. The molecule has 0 unspecified atom stereocenters. The number of sulfonamides is 1. The number of hydrogen-bond acceptors (Lipinski definition) is 5. The fraction of sp³-hybridized carbons (Fsp3) is 0.100. The lowest BCUT2D eigenvalue weighted by molar-refractivity contribution is 0.600. The van der Waals surface area contributed by atoms with Crippen LogP contribution in [0.25, 0.3) is 0 Å². The number of rotatable bonds is 3. The third-order valence-electron chi connectivity index (χ3n) is 2.24. The SMILES string of the molecule is Cc1cc(C#N)ccc1S(=O)(=O)Nc1ncn[nH]1. The molecule has 0 aliphatic rings. The molecule has 0 atom stereocenters. The Balaban J connectivity index is 2.39. The molecule has 92 valence electrons. The standard InChI is InChI=1S/C10H9N5O2S/c1-7-4-8(5-11)2-3-9(7)18(16,17)15-10-12-6-13-14-10/h2-4,6H,1H3,(H2,12,13,14,15). The Morgan fingerprint density at radius 2 is 2.22 bits per heavy atom. The van der Waals surface area contributed by atoms with E-state index in [1.165, 1.54) is 24.5 Å². The summed E-state index contributed by atoms with van der Waals surface area (Å²) in [4.78, 5) is 3.78. The van der Waals surface area contributed by atoms with Crippen molar-refractivity contribution >= 4 is 16.0 Å². The molecule has 0 aliphatic carbocycles. The lowest BCUT2D eigenvalue weighted by Crippen LogP contribution is -2.15. The van der Waals surface area contributed by atoms with Crippen LogP contribution in [0.1, 0.15) is 11.1 Å². The first-order chi connectivity index (χ1) is 8.53. The summed E-state index contributed by atoms with van der Waals surface area (Å²) >= 11 is 0. The summed E-state index contributed by atoms with van der Waals surface area (Å²) in [5, 5.41) is 14.7. The van der Waals surface area contributed by atoms with Crippen molar-refractivity contribution in [3.63, 3.8) is 0 Å². The lowest BCUT2D eigenvalue weighted by atomic mass is 10.2. The third kappa shape index (κ3) is 2.31. The molecule has 1 heterocycles. The minimum atomic E-state index is -3.73. The molecule has 0 spiro atoms. The highest BCUT2D eigenvalue weighted by atomic mass is 32.2. The molecule has 0 radical (unpaired) electrons. The van der Waals surface area contributed by atoms with E-state index >= 15 is 0 Å². The van der Waals surface area contributed by atoms with Crippen molar-refractivity contribution in [1.82, 2.24) is 15.2 Å². The van der Waals surface area contributed by atoms with Crippen LogP contribution in [0.15, 0.2) is 29.4 Å². The average molecular weight is 263 g/mol. The highest BCUT2D eigenvalue weighted by Crippen LogP contribution is 2.18. The zero-order chi connectivity index (χ0) is 13.2. The summed E-state index contributed by atoms with van der Waals surface area (Å²) in [6.07, 6.45) is 1.20. The zero-order valence-corrected chi connectivity index (χ0v) is 10.2. The van der Waals surface area contributed by atoms with Gasteiger partial charge < -0.3 is 0 Å². The summed E-state index contributed by atoms with van der Waals surface area (Å²) < 4.78 is 26.3. The Hall–Kier alpha value is -2.40. The first-order valence-electron chi connectivity index (χ1n) is 4.92. The smallest absolute Gasteiger partial charge is 0.248 e. The molecule has 7 nitrogen and oxygen atoms in total. The molecule has 0 aliphatic heterocycles. The number of H-pyrrole nitrogens is 1. The maximum atomic E-state index is 12.0. The third-order valence-corrected chi connectivity index (χ3v) is 3.74. The quantitative estimate of drug-likeness (QED) is 0.850. The Bertz CT molecular complexity index is 700. The van der Waals surface area contributed by atoms with E-state index < -0.39 is 10.0 Å². The van der Waals surface area contributed by atoms with Gasteiger partial charge in [0.2, 0.25) is 5.95 Å². The molecule has 0 fully saturated rings. The Kier molecular flexibility index (Phi) is 2.99. The van der Waals surface area contributed by atoms with Crippen molar-refractivity contribution in [2.45, 2.75) is 11.8 Å². The number of aryl methyl sites for hydroxylation is 1. The summed E-state index contributed by atoms with van der Waals surface area (Å²) in [5.41, 5.74) is 0.896. The molecule has 1 aromatic carbocycles. The van der Waals surface area contributed by atoms with E-state index in [-0.39, 0.29) is 10.8 Å². The van der Waals surface area contributed by atoms with Gasteiger partial charge in [0.1, 0.15) is 6.33 Å². The topological polar surface area (TPSA) is 112 Å². The lowest BCUT2D eigenvalue weighted by Gasteiger charge is -2.07. The molecule has 1 aromatic heterocycles. The van der Waals surface area contributed by atoms with Crippen molar-refractivity contribution < 1.29 is 8.42 Å². The van der Waals surface area contributed by atoms with Gasteiger partial charge in [-0.2, -0.15) is 15.3 Å². The largest absolute Gasteiger partial charge is 0.264 e. The van der Waals surface area contributed by atoms with Crippen LogP contribution in [-0.2, 0) is 10.0 Å². The molecule has 18 heavy (non-hydrogen) atoms. The van der Waals surface area contributed by atoms with Crippen LogP contribution in [-0.4, -0.2) is 23.6 Å². The number of nitrogens with zero attached hydrogens (tertiary/aromatic N) is 3. The second-order valence-corrected chi connectivity index (χ2v) is 5.18. The Morgan fingerprint density at radius 1 is 1.44 bits per heavy atom. The monoisotopic (exact) mass is 263 g/mol. The number of nitrogens with one attached hydrogen (secondary N) is 2. The number of hydrogen-bond donors (Lipinski definition) is 2. The van der Waals surface area contributed by atoms with E-state index in [0.717, 1.165) is 0 Å². The minimum absolute atomic E-state index is 0.0405. The van der Waals surface area contributed by atoms with Crippen molar-refractivity contribution in [2.24, 2.45) is 0 Å². The van der Waals surface area contributed by atoms with Gasteiger partial charge in [-0.05, 0) is 30.7 Å². The molecule has 0 saturated carbocycles. The van der Waals surface area contributed by atoms with Crippen LogP contribution < -0.4 is 4.72 Å². The van der Waals surface area contributed by atoms with Crippen LogP contribution in [0.2, 0.25) is 0 Å². The Morgan fingerprint density at radius 3 is 2.78 bits per heavy atom. The minimum Gasteiger partial charge on any atom is -0.248 e. The predicted octanol–water partition coefficient (Wildman–Crippen LogP) is 0.786. The number of nitriles is 1. The van der Waals surface area contributed by atoms with Gasteiger partial charge >= 0.3 is 0 Å². The van der Waals surface area contributed by atoms with Gasteiger partial charge in [0, 0.05) is 0 Å². The molecule has 2 aromatic rings. The van der Waals surface area contributed by atoms with Gasteiger partial charge in [-0.15, -0.1) is 0 Å². The Labute approximate surface area is 104 Å². The van der Waals surface area contributed by atoms with E-state index in [1.54, 1.807) is 6.92 Å². The van der Waals surface area contributed by atoms with Crippen LogP contribution in [0.3, 0.4) is 0 Å². The summed E-state index contributed by atoms with van der Waals surface area (Å²) in [6, 6.07) is 6.29. The molecule has 8 heteroatoms. The van der Waals surface area contributed by atoms with Gasteiger partial charge in [0.05, 0.1) is 16.5 Å². The van der Waals surface area contributed by atoms with E-state index in [1.807, 2.05) is 6.07 Å². The molecular formula is C10H9N5O2S. The summed E-state index contributed by atoms with van der Waals surface area (Å²) in [5.74, 6) is 0.0405. The summed E-state index contributed by atoms with van der Waals surface area (Å²) in [7, 11) is -3.73. The number of aromatic amines is 1. The molecule has 2 rings (SSSR count). The van der Waals surface area contributed by atoms with E-state index in [9.17, 15) is 8.42 Å². The van der Waals surface area contributed by atoms with Gasteiger partial charge in [0.15, 0.2) is 0 Å². The fourth-order valence-electron chi connectivity index (χ4n) is 1.46. The molecule has 0 bridgehead atoms. The van der Waals surface area contributed by atoms with Crippen LogP contribution >= 0.6 is 0 Å². The number of aromatic nitrogens is 3. The second kappa shape index (κ2) is 4.46. The van der Waals surface area contributed by atoms with Crippen LogP contribution in [0, 0.1) is 18.3 Å². The molecular weight excluding hydrogens is 254 g/mol. The first kappa shape index (κ1) is 12.1. The zero-order valence-electron chi connectivity index (χ0n) is 9.38. The van der Waals surface area contributed by atoms with Crippen LogP contribution in [0.5, 0.6) is 0 Å². The van der Waals surface area contributed by atoms with Crippen molar-refractivity contribution in [3.05, 3.63) is 35.7 Å². The van der Waals surface area contributed by atoms with Crippen molar-refractivity contribution in [3.8, 4) is 6.07 Å². The van der Waals surface area contributed by atoms with E-state index in [4.69, 9.17) is 5.26 Å². The first-order valence-corrected chi connectivity index (χ1v) is 6.40. The van der Waals surface area contributed by atoms with E-state index in [0.29, 0.717) is 11.1 Å². The second-order valence-electron chi connectivity index (χ2n) is 3.53. The molecule has 0 saturated heterocycles. The predicted molar refractivity (Wildman–Crippen MR) is 63.1 cm³/mol. The van der Waals surface area contributed by atoms with Crippen molar-refractivity contribution in [2.75, 3.05) is 4.72 Å². The molecule has 0 amide bonds. The molecule has 2 N–H and O–H groups in total. The van der Waals surface area contributed by atoms with Crippen LogP contribution in [0.4, 0.5) is 5.95 Å². The van der Waals surface area contributed by atoms with E-state index in [2.05, 4.69) is 19.9 Å². The van der Waals surface area contributed by atoms with Gasteiger partial charge in [-0.25, -0.2) is 18.2 Å². The van der Waals surface area contributed by atoms with Gasteiger partial charge in [-0.3, -0.25) is 0 Å². The summed E-state index contributed by atoms with van der Waals surface area (Å²) in [6.45, 7) is 1.62. The van der Waals surface area contributed by atoms with Gasteiger partial charge in [-0.1, -0.05) is 0 Å². The maximum absolute atomic E-state index is 12.0.